The van der Waals surface area contributed by atoms with Gasteiger partial charge in [0.15, 0.2) is 11.5 Å². The van der Waals surface area contributed by atoms with E-state index in [2.05, 4.69) is 39.4 Å². The first-order valence-corrected chi connectivity index (χ1v) is 9.82. The third-order valence-corrected chi connectivity index (χ3v) is 5.49. The highest BCUT2D eigenvalue weighted by atomic mass is 79.9. The first-order chi connectivity index (χ1) is 12.3. The molecule has 0 unspecified atom stereocenters. The standard InChI is InChI=1S/C21H26BrNO2/c1-24-20-12-17(14-23-18-10-6-3-7-11-18)19(22)13-21(20)25-15-16-8-4-2-5-9-16/h2,4-5,8-9,12-13,18,23H,3,6-7,10-11,14-15H2,1H3. The van der Waals surface area contributed by atoms with E-state index in [0.29, 0.717) is 12.6 Å². The summed E-state index contributed by atoms with van der Waals surface area (Å²) in [6, 6.07) is 14.9. The molecule has 0 aliphatic heterocycles. The van der Waals surface area contributed by atoms with Crippen LogP contribution in [0.25, 0.3) is 0 Å². The van der Waals surface area contributed by atoms with E-state index < -0.39 is 0 Å². The number of methoxy groups -OCH3 is 1. The summed E-state index contributed by atoms with van der Waals surface area (Å²) in [5, 5.41) is 3.68. The lowest BCUT2D eigenvalue weighted by atomic mass is 9.95. The van der Waals surface area contributed by atoms with Crippen LogP contribution >= 0.6 is 15.9 Å². The Morgan fingerprint density at radius 1 is 1.04 bits per heavy atom. The zero-order valence-electron chi connectivity index (χ0n) is 14.8. The third kappa shape index (κ3) is 5.23. The molecule has 3 nitrogen and oxygen atoms in total. The topological polar surface area (TPSA) is 30.5 Å². The van der Waals surface area contributed by atoms with Crippen LogP contribution in [0.3, 0.4) is 0 Å². The molecule has 0 spiro atoms. The summed E-state index contributed by atoms with van der Waals surface area (Å²) in [6.45, 7) is 1.38. The third-order valence-electron chi connectivity index (χ3n) is 4.76. The fourth-order valence-electron chi connectivity index (χ4n) is 3.28. The predicted molar refractivity (Wildman–Crippen MR) is 105 cm³/mol. The molecule has 1 N–H and O–H groups in total. The Labute approximate surface area is 158 Å². The van der Waals surface area contributed by atoms with Crippen molar-refractivity contribution in [2.75, 3.05) is 7.11 Å². The van der Waals surface area contributed by atoms with E-state index in [1.807, 2.05) is 24.3 Å². The van der Waals surface area contributed by atoms with Crippen LogP contribution in [-0.2, 0) is 13.2 Å². The number of halogens is 1. The zero-order valence-corrected chi connectivity index (χ0v) is 16.3. The molecule has 0 radical (unpaired) electrons. The average molecular weight is 404 g/mol. The Bertz CT molecular complexity index is 669. The Hall–Kier alpha value is -1.52. The van der Waals surface area contributed by atoms with Gasteiger partial charge in [-0.3, -0.25) is 0 Å². The minimum atomic E-state index is 0.531. The molecule has 0 atom stereocenters. The summed E-state index contributed by atoms with van der Waals surface area (Å²) in [5.41, 5.74) is 2.35. The number of hydrogen-bond acceptors (Lipinski definition) is 3. The van der Waals surface area contributed by atoms with Crippen LogP contribution in [0.5, 0.6) is 11.5 Å². The molecule has 134 valence electrons. The molecule has 3 rings (SSSR count). The van der Waals surface area contributed by atoms with E-state index in [1.165, 1.54) is 37.7 Å². The summed E-state index contributed by atoms with van der Waals surface area (Å²) in [4.78, 5) is 0. The highest BCUT2D eigenvalue weighted by Crippen LogP contribution is 2.34. The average Bonchev–Trinajstić information content (AvgIpc) is 2.67. The first-order valence-electron chi connectivity index (χ1n) is 9.03. The molecule has 0 amide bonds. The van der Waals surface area contributed by atoms with Gasteiger partial charge in [0.25, 0.3) is 0 Å². The summed E-state index contributed by atoms with van der Waals surface area (Å²) in [7, 11) is 1.69. The van der Waals surface area contributed by atoms with Crippen molar-refractivity contribution in [1.82, 2.24) is 5.32 Å². The largest absolute Gasteiger partial charge is 0.493 e. The van der Waals surface area contributed by atoms with Crippen LogP contribution in [0.15, 0.2) is 46.9 Å². The summed E-state index contributed by atoms with van der Waals surface area (Å²) < 4.78 is 12.6. The first kappa shape index (κ1) is 18.3. The second-order valence-corrected chi connectivity index (χ2v) is 7.44. The molecule has 0 saturated heterocycles. The fraction of sp³-hybridized carbons (Fsp3) is 0.429. The molecule has 2 aromatic rings. The maximum absolute atomic E-state index is 5.97. The van der Waals surface area contributed by atoms with Crippen LogP contribution in [0, 0.1) is 0 Å². The molecular weight excluding hydrogens is 378 g/mol. The molecule has 1 aliphatic carbocycles. The van der Waals surface area contributed by atoms with Crippen LogP contribution in [0.1, 0.15) is 43.2 Å². The van der Waals surface area contributed by atoms with Gasteiger partial charge in [0.05, 0.1) is 7.11 Å². The van der Waals surface area contributed by atoms with Gasteiger partial charge in [-0.1, -0.05) is 65.5 Å². The molecule has 25 heavy (non-hydrogen) atoms. The normalized spacial score (nSPS) is 15.1. The van der Waals surface area contributed by atoms with Crippen LogP contribution in [-0.4, -0.2) is 13.2 Å². The van der Waals surface area contributed by atoms with Gasteiger partial charge in [-0.25, -0.2) is 0 Å². The SMILES string of the molecule is COc1cc(CNC2CCCCC2)c(Br)cc1OCc1ccccc1. The highest BCUT2D eigenvalue weighted by Gasteiger charge is 2.15. The molecule has 1 saturated carbocycles. The number of rotatable bonds is 7. The molecular formula is C21H26BrNO2. The van der Waals surface area contributed by atoms with Gasteiger partial charge < -0.3 is 14.8 Å². The molecule has 1 aliphatic rings. The monoisotopic (exact) mass is 403 g/mol. The minimum Gasteiger partial charge on any atom is -0.493 e. The molecule has 1 fully saturated rings. The predicted octanol–water partition coefficient (Wildman–Crippen LogP) is 5.46. The van der Waals surface area contributed by atoms with E-state index in [4.69, 9.17) is 9.47 Å². The van der Waals surface area contributed by atoms with Crippen molar-refractivity contribution >= 4 is 15.9 Å². The van der Waals surface area contributed by atoms with E-state index in [9.17, 15) is 0 Å². The highest BCUT2D eigenvalue weighted by molar-refractivity contribution is 9.10. The van der Waals surface area contributed by atoms with Gasteiger partial charge in [0.1, 0.15) is 6.61 Å². The molecule has 0 heterocycles. The molecule has 0 bridgehead atoms. The van der Waals surface area contributed by atoms with Gasteiger partial charge >= 0.3 is 0 Å². The van der Waals surface area contributed by atoms with Crippen molar-refractivity contribution in [3.05, 3.63) is 58.1 Å². The second-order valence-electron chi connectivity index (χ2n) is 6.58. The van der Waals surface area contributed by atoms with E-state index >= 15 is 0 Å². The van der Waals surface area contributed by atoms with Crippen molar-refractivity contribution in [3.63, 3.8) is 0 Å². The van der Waals surface area contributed by atoms with Crippen molar-refractivity contribution in [3.8, 4) is 11.5 Å². The van der Waals surface area contributed by atoms with Crippen molar-refractivity contribution < 1.29 is 9.47 Å². The lowest BCUT2D eigenvalue weighted by Crippen LogP contribution is -2.30. The van der Waals surface area contributed by atoms with E-state index in [1.54, 1.807) is 7.11 Å². The number of hydrogen-bond donors (Lipinski definition) is 1. The van der Waals surface area contributed by atoms with E-state index in [0.717, 1.165) is 28.1 Å². The second kappa shape index (κ2) is 9.25. The van der Waals surface area contributed by atoms with Gasteiger partial charge in [-0.05, 0) is 36.1 Å². The van der Waals surface area contributed by atoms with Gasteiger partial charge in [0.2, 0.25) is 0 Å². The Morgan fingerprint density at radius 2 is 1.80 bits per heavy atom. The molecule has 0 aromatic heterocycles. The lowest BCUT2D eigenvalue weighted by molar-refractivity contribution is 0.284. The zero-order chi connectivity index (χ0) is 17.5. The summed E-state index contributed by atoms with van der Waals surface area (Å²) in [6.07, 6.45) is 6.63. The van der Waals surface area contributed by atoms with Crippen molar-refractivity contribution in [2.24, 2.45) is 0 Å². The number of nitrogens with one attached hydrogen (secondary N) is 1. The Morgan fingerprint density at radius 3 is 2.52 bits per heavy atom. The quantitative estimate of drug-likeness (QED) is 0.665. The van der Waals surface area contributed by atoms with Crippen molar-refractivity contribution in [2.45, 2.75) is 51.3 Å². The lowest BCUT2D eigenvalue weighted by Gasteiger charge is -2.23. The molecule has 4 heteroatoms. The van der Waals surface area contributed by atoms with E-state index in [-0.39, 0.29) is 0 Å². The van der Waals surface area contributed by atoms with Gasteiger partial charge in [-0.15, -0.1) is 0 Å². The summed E-state index contributed by atoms with van der Waals surface area (Å²) >= 11 is 3.69. The number of benzene rings is 2. The Balaban J connectivity index is 1.65. The maximum atomic E-state index is 5.97. The van der Waals surface area contributed by atoms with Crippen molar-refractivity contribution in [1.29, 1.82) is 0 Å². The molecule has 2 aromatic carbocycles. The maximum Gasteiger partial charge on any atom is 0.162 e. The Kier molecular flexibility index (Phi) is 6.76. The van der Waals surface area contributed by atoms with Gasteiger partial charge in [-0.2, -0.15) is 0 Å². The van der Waals surface area contributed by atoms with Crippen LogP contribution in [0.4, 0.5) is 0 Å². The van der Waals surface area contributed by atoms with Gasteiger partial charge in [0, 0.05) is 17.1 Å². The smallest absolute Gasteiger partial charge is 0.162 e. The van der Waals surface area contributed by atoms with Crippen LogP contribution in [0.2, 0.25) is 0 Å². The number of ether oxygens (including phenoxy) is 2. The van der Waals surface area contributed by atoms with Crippen LogP contribution < -0.4 is 14.8 Å². The fourth-order valence-corrected chi connectivity index (χ4v) is 3.74. The summed E-state index contributed by atoms with van der Waals surface area (Å²) in [5.74, 6) is 1.54. The minimum absolute atomic E-state index is 0.531.